The summed E-state index contributed by atoms with van der Waals surface area (Å²) in [5.74, 6) is -0.477. The number of benzene rings is 1. The average molecular weight is 391 g/mol. The third kappa shape index (κ3) is 9.91. The van der Waals surface area contributed by atoms with Gasteiger partial charge in [0.05, 0.1) is 23.8 Å². The molecular formula is C24H38O4. The SMILES string of the molecule is CCCCCCCCCCOC(=O)c1ccccc1C(=O)OC(C)CC(C)C. The van der Waals surface area contributed by atoms with Crippen LogP contribution in [0.25, 0.3) is 0 Å². The molecule has 0 spiro atoms. The first-order chi connectivity index (χ1) is 13.5. The van der Waals surface area contributed by atoms with Crippen LogP contribution in [0, 0.1) is 5.92 Å². The molecule has 158 valence electrons. The second kappa shape index (κ2) is 14.2. The van der Waals surface area contributed by atoms with Gasteiger partial charge in [-0.15, -0.1) is 0 Å². The Bertz CT molecular complexity index is 580. The van der Waals surface area contributed by atoms with E-state index in [1.54, 1.807) is 24.3 Å². The number of ether oxygens (including phenoxy) is 2. The van der Waals surface area contributed by atoms with Gasteiger partial charge in [-0.05, 0) is 37.8 Å². The molecule has 28 heavy (non-hydrogen) atoms. The molecular weight excluding hydrogens is 352 g/mol. The van der Waals surface area contributed by atoms with E-state index in [-0.39, 0.29) is 17.2 Å². The molecule has 4 nitrogen and oxygen atoms in total. The Hall–Kier alpha value is -1.84. The minimum absolute atomic E-state index is 0.186. The van der Waals surface area contributed by atoms with E-state index < -0.39 is 11.9 Å². The number of carbonyl (C=O) groups excluding carboxylic acids is 2. The van der Waals surface area contributed by atoms with Gasteiger partial charge in [0.15, 0.2) is 0 Å². The first-order valence-corrected chi connectivity index (χ1v) is 10.9. The summed E-state index contributed by atoms with van der Waals surface area (Å²) in [7, 11) is 0. The van der Waals surface area contributed by atoms with E-state index in [0.29, 0.717) is 12.5 Å². The molecule has 0 heterocycles. The highest BCUT2D eigenvalue weighted by Gasteiger charge is 2.20. The van der Waals surface area contributed by atoms with Gasteiger partial charge < -0.3 is 9.47 Å². The summed E-state index contributed by atoms with van der Waals surface area (Å²) in [5.41, 5.74) is 0.558. The fourth-order valence-electron chi connectivity index (χ4n) is 3.28. The van der Waals surface area contributed by atoms with Crippen molar-refractivity contribution < 1.29 is 19.1 Å². The van der Waals surface area contributed by atoms with Crippen LogP contribution in [-0.4, -0.2) is 24.6 Å². The van der Waals surface area contributed by atoms with E-state index in [1.165, 1.54) is 38.5 Å². The van der Waals surface area contributed by atoms with E-state index >= 15 is 0 Å². The van der Waals surface area contributed by atoms with Gasteiger partial charge >= 0.3 is 11.9 Å². The highest BCUT2D eigenvalue weighted by atomic mass is 16.5. The molecule has 0 aliphatic heterocycles. The number of unbranched alkanes of at least 4 members (excludes halogenated alkanes) is 7. The minimum atomic E-state index is -0.465. The molecule has 0 saturated heterocycles. The molecule has 1 atom stereocenters. The maximum atomic E-state index is 12.5. The van der Waals surface area contributed by atoms with Crippen molar-refractivity contribution >= 4 is 11.9 Å². The van der Waals surface area contributed by atoms with Gasteiger partial charge in [-0.3, -0.25) is 0 Å². The fraction of sp³-hybridized carbons (Fsp3) is 0.667. The van der Waals surface area contributed by atoms with Crippen LogP contribution in [0.4, 0.5) is 0 Å². The van der Waals surface area contributed by atoms with Crippen molar-refractivity contribution in [2.75, 3.05) is 6.61 Å². The second-order valence-electron chi connectivity index (χ2n) is 8.00. The van der Waals surface area contributed by atoms with Crippen molar-refractivity contribution in [3.63, 3.8) is 0 Å². The smallest absolute Gasteiger partial charge is 0.339 e. The van der Waals surface area contributed by atoms with Crippen LogP contribution in [0.15, 0.2) is 24.3 Å². The Balaban J connectivity index is 2.42. The number of carbonyl (C=O) groups is 2. The van der Waals surface area contributed by atoms with Crippen LogP contribution < -0.4 is 0 Å². The van der Waals surface area contributed by atoms with Crippen LogP contribution in [0.5, 0.6) is 0 Å². The lowest BCUT2D eigenvalue weighted by molar-refractivity contribution is 0.0288. The Morgan fingerprint density at radius 3 is 1.93 bits per heavy atom. The molecule has 1 aromatic rings. The Labute approximate surface area is 171 Å². The first kappa shape index (κ1) is 24.2. The summed E-state index contributed by atoms with van der Waals surface area (Å²) in [5, 5.41) is 0. The van der Waals surface area contributed by atoms with E-state index in [2.05, 4.69) is 20.8 Å². The van der Waals surface area contributed by atoms with Gasteiger partial charge in [0, 0.05) is 0 Å². The molecule has 0 amide bonds. The van der Waals surface area contributed by atoms with E-state index in [0.717, 1.165) is 19.3 Å². The van der Waals surface area contributed by atoms with Crippen LogP contribution in [0.3, 0.4) is 0 Å². The zero-order valence-corrected chi connectivity index (χ0v) is 18.2. The van der Waals surface area contributed by atoms with Crippen molar-refractivity contribution in [2.24, 2.45) is 5.92 Å². The summed E-state index contributed by atoms with van der Waals surface area (Å²) in [6.07, 6.45) is 10.1. The first-order valence-electron chi connectivity index (χ1n) is 10.9. The minimum Gasteiger partial charge on any atom is -0.462 e. The number of esters is 2. The van der Waals surface area contributed by atoms with Gasteiger partial charge in [-0.1, -0.05) is 77.8 Å². The molecule has 0 bridgehead atoms. The van der Waals surface area contributed by atoms with Crippen LogP contribution in [-0.2, 0) is 9.47 Å². The van der Waals surface area contributed by atoms with Gasteiger partial charge in [0.1, 0.15) is 0 Å². The van der Waals surface area contributed by atoms with Gasteiger partial charge in [0.2, 0.25) is 0 Å². The predicted molar refractivity (Wildman–Crippen MR) is 114 cm³/mol. The largest absolute Gasteiger partial charge is 0.462 e. The highest BCUT2D eigenvalue weighted by molar-refractivity contribution is 6.03. The molecule has 4 heteroatoms. The van der Waals surface area contributed by atoms with E-state index in [4.69, 9.17) is 9.47 Å². The maximum Gasteiger partial charge on any atom is 0.339 e. The number of hydrogen-bond donors (Lipinski definition) is 0. The summed E-state index contributed by atoms with van der Waals surface area (Å²) in [4.78, 5) is 24.9. The van der Waals surface area contributed by atoms with Gasteiger partial charge in [0.25, 0.3) is 0 Å². The van der Waals surface area contributed by atoms with Crippen molar-refractivity contribution in [3.8, 4) is 0 Å². The molecule has 0 radical (unpaired) electrons. The predicted octanol–water partition coefficient (Wildman–Crippen LogP) is 6.58. The lowest BCUT2D eigenvalue weighted by Crippen LogP contribution is -2.20. The fourth-order valence-corrected chi connectivity index (χ4v) is 3.28. The monoisotopic (exact) mass is 390 g/mol. The molecule has 0 aliphatic carbocycles. The molecule has 1 unspecified atom stereocenters. The van der Waals surface area contributed by atoms with Crippen molar-refractivity contribution in [2.45, 2.75) is 91.6 Å². The van der Waals surface area contributed by atoms with Crippen molar-refractivity contribution in [1.29, 1.82) is 0 Å². The molecule has 0 N–H and O–H groups in total. The summed E-state index contributed by atoms with van der Waals surface area (Å²) in [6.45, 7) is 8.65. The molecule has 0 saturated carbocycles. The number of hydrogen-bond acceptors (Lipinski definition) is 4. The van der Waals surface area contributed by atoms with Crippen molar-refractivity contribution in [1.82, 2.24) is 0 Å². The Morgan fingerprint density at radius 1 is 0.821 bits per heavy atom. The molecule has 1 aromatic carbocycles. The highest BCUT2D eigenvalue weighted by Crippen LogP contribution is 2.16. The lowest BCUT2D eigenvalue weighted by atomic mass is 10.1. The van der Waals surface area contributed by atoms with Gasteiger partial charge in [-0.2, -0.15) is 0 Å². The quantitative estimate of drug-likeness (QED) is 0.266. The third-order valence-electron chi connectivity index (χ3n) is 4.71. The molecule has 0 aromatic heterocycles. The van der Waals surface area contributed by atoms with E-state index in [9.17, 15) is 9.59 Å². The number of rotatable bonds is 14. The Morgan fingerprint density at radius 2 is 1.36 bits per heavy atom. The summed E-state index contributed by atoms with van der Waals surface area (Å²) < 4.78 is 10.9. The summed E-state index contributed by atoms with van der Waals surface area (Å²) in [6, 6.07) is 6.72. The van der Waals surface area contributed by atoms with Crippen LogP contribution in [0.2, 0.25) is 0 Å². The zero-order chi connectivity index (χ0) is 20.8. The van der Waals surface area contributed by atoms with Crippen LogP contribution >= 0.6 is 0 Å². The third-order valence-corrected chi connectivity index (χ3v) is 4.71. The topological polar surface area (TPSA) is 52.6 Å². The van der Waals surface area contributed by atoms with Gasteiger partial charge in [-0.25, -0.2) is 9.59 Å². The van der Waals surface area contributed by atoms with E-state index in [1.807, 2.05) is 6.92 Å². The summed E-state index contributed by atoms with van der Waals surface area (Å²) >= 11 is 0. The Kier molecular flexibility index (Phi) is 12.3. The maximum absolute atomic E-state index is 12.5. The second-order valence-corrected chi connectivity index (χ2v) is 8.00. The van der Waals surface area contributed by atoms with Crippen LogP contribution in [0.1, 0.15) is 106 Å². The van der Waals surface area contributed by atoms with Crippen molar-refractivity contribution in [3.05, 3.63) is 35.4 Å². The lowest BCUT2D eigenvalue weighted by Gasteiger charge is -2.16. The standard InChI is InChI=1S/C24H38O4/c1-5-6-7-8-9-10-11-14-17-27-23(25)21-15-12-13-16-22(21)24(26)28-20(4)18-19(2)3/h12-13,15-16,19-20H,5-11,14,17-18H2,1-4H3. The normalized spacial score (nSPS) is 12.0. The molecule has 0 aliphatic rings. The zero-order valence-electron chi connectivity index (χ0n) is 18.2. The molecule has 1 rings (SSSR count). The average Bonchev–Trinajstić information content (AvgIpc) is 2.65. The molecule has 0 fully saturated rings.